The van der Waals surface area contributed by atoms with Crippen LogP contribution in [0.4, 0.5) is 5.69 Å². The van der Waals surface area contributed by atoms with E-state index in [1.54, 1.807) is 0 Å². The normalized spacial score (nSPS) is 16.1. The van der Waals surface area contributed by atoms with Gasteiger partial charge in [-0.25, -0.2) is 0 Å². The highest BCUT2D eigenvalue weighted by molar-refractivity contribution is 5.93. The molecular formula is C19H18N2O2. The predicted molar refractivity (Wildman–Crippen MR) is 90.9 cm³/mol. The van der Waals surface area contributed by atoms with Crippen LogP contribution in [-0.2, 0) is 17.6 Å². The lowest BCUT2D eigenvalue weighted by molar-refractivity contribution is -0.115. The first-order valence-corrected chi connectivity index (χ1v) is 7.83. The van der Waals surface area contributed by atoms with Crippen LogP contribution in [-0.4, -0.2) is 17.0 Å². The minimum atomic E-state index is -0.0113. The third-order valence-corrected chi connectivity index (χ3v) is 4.16. The van der Waals surface area contributed by atoms with Crippen molar-refractivity contribution in [3.05, 3.63) is 59.8 Å². The second kappa shape index (κ2) is 5.47. The summed E-state index contributed by atoms with van der Waals surface area (Å²) in [7, 11) is 0. The Morgan fingerprint density at radius 2 is 2.17 bits per heavy atom. The number of nitrogens with one attached hydrogen (secondary N) is 2. The zero-order chi connectivity index (χ0) is 15.8. The van der Waals surface area contributed by atoms with Crippen LogP contribution in [0.25, 0.3) is 10.9 Å². The van der Waals surface area contributed by atoms with Crippen molar-refractivity contribution in [2.45, 2.75) is 25.9 Å². The molecule has 0 saturated heterocycles. The van der Waals surface area contributed by atoms with Crippen molar-refractivity contribution in [3.8, 4) is 5.75 Å². The molecule has 2 N–H and O–H groups in total. The minimum Gasteiger partial charge on any atom is -0.490 e. The number of hydrogen-bond acceptors (Lipinski definition) is 2. The summed E-state index contributed by atoms with van der Waals surface area (Å²) >= 11 is 0. The number of hydrogen-bond donors (Lipinski definition) is 2. The number of aromatic amines is 1. The molecule has 116 valence electrons. The quantitative estimate of drug-likeness (QED) is 0.775. The molecule has 0 spiro atoms. The maximum absolute atomic E-state index is 12.3. The van der Waals surface area contributed by atoms with Crippen molar-refractivity contribution in [2.75, 3.05) is 5.32 Å². The third kappa shape index (κ3) is 2.80. The van der Waals surface area contributed by atoms with Crippen molar-refractivity contribution in [1.29, 1.82) is 0 Å². The second-order valence-corrected chi connectivity index (χ2v) is 6.08. The van der Waals surface area contributed by atoms with Gasteiger partial charge in [0, 0.05) is 23.8 Å². The number of ether oxygens (including phenoxy) is 1. The molecule has 1 aliphatic heterocycles. The van der Waals surface area contributed by atoms with E-state index in [1.807, 2.05) is 48.7 Å². The largest absolute Gasteiger partial charge is 0.490 e. The molecule has 4 heteroatoms. The van der Waals surface area contributed by atoms with E-state index in [0.29, 0.717) is 6.42 Å². The SMILES string of the molecule is CC1Cc2cc(NC(=O)Cc3ccc4cc[nH]c4c3)ccc2O1. The van der Waals surface area contributed by atoms with Gasteiger partial charge in [0.1, 0.15) is 11.9 Å². The number of H-pyrrole nitrogens is 1. The lowest BCUT2D eigenvalue weighted by Crippen LogP contribution is -2.14. The van der Waals surface area contributed by atoms with Crippen molar-refractivity contribution >= 4 is 22.5 Å². The zero-order valence-corrected chi connectivity index (χ0v) is 12.9. The van der Waals surface area contributed by atoms with Gasteiger partial charge in [0.25, 0.3) is 0 Å². The Morgan fingerprint density at radius 3 is 3.09 bits per heavy atom. The first-order chi connectivity index (χ1) is 11.2. The highest BCUT2D eigenvalue weighted by atomic mass is 16.5. The second-order valence-electron chi connectivity index (χ2n) is 6.08. The molecule has 1 amide bonds. The van der Waals surface area contributed by atoms with E-state index in [9.17, 15) is 4.79 Å². The Bertz CT molecular complexity index is 882. The fourth-order valence-electron chi connectivity index (χ4n) is 3.10. The molecule has 1 aromatic heterocycles. The lowest BCUT2D eigenvalue weighted by atomic mass is 10.1. The maximum Gasteiger partial charge on any atom is 0.228 e. The summed E-state index contributed by atoms with van der Waals surface area (Å²) in [6, 6.07) is 13.9. The Morgan fingerprint density at radius 1 is 1.26 bits per heavy atom. The predicted octanol–water partition coefficient (Wildman–Crippen LogP) is 3.67. The maximum atomic E-state index is 12.3. The van der Waals surface area contributed by atoms with Gasteiger partial charge >= 0.3 is 0 Å². The minimum absolute atomic E-state index is 0.0113. The molecule has 0 fully saturated rings. The van der Waals surface area contributed by atoms with E-state index in [4.69, 9.17) is 4.74 Å². The first kappa shape index (κ1) is 13.9. The van der Waals surface area contributed by atoms with E-state index in [-0.39, 0.29) is 12.0 Å². The summed E-state index contributed by atoms with van der Waals surface area (Å²) < 4.78 is 5.68. The van der Waals surface area contributed by atoms with Crippen LogP contribution >= 0.6 is 0 Å². The van der Waals surface area contributed by atoms with E-state index < -0.39 is 0 Å². The Kier molecular flexibility index (Phi) is 3.30. The highest BCUT2D eigenvalue weighted by Crippen LogP contribution is 2.31. The molecule has 4 rings (SSSR count). The summed E-state index contributed by atoms with van der Waals surface area (Å²) in [5.41, 5.74) is 4.03. The van der Waals surface area contributed by atoms with Gasteiger partial charge in [-0.3, -0.25) is 4.79 Å². The summed E-state index contributed by atoms with van der Waals surface area (Å²) in [5.74, 6) is 0.913. The molecule has 2 aromatic carbocycles. The van der Waals surface area contributed by atoms with Crippen LogP contribution in [0.2, 0.25) is 0 Å². The van der Waals surface area contributed by atoms with Crippen LogP contribution in [0, 0.1) is 0 Å². The Balaban J connectivity index is 1.46. The van der Waals surface area contributed by atoms with Gasteiger partial charge in [-0.1, -0.05) is 12.1 Å². The topological polar surface area (TPSA) is 54.1 Å². The number of carbonyl (C=O) groups is 1. The van der Waals surface area contributed by atoms with Crippen molar-refractivity contribution in [1.82, 2.24) is 4.98 Å². The van der Waals surface area contributed by atoms with E-state index in [2.05, 4.69) is 17.2 Å². The van der Waals surface area contributed by atoms with Crippen LogP contribution in [0.5, 0.6) is 5.75 Å². The smallest absolute Gasteiger partial charge is 0.228 e. The van der Waals surface area contributed by atoms with Gasteiger partial charge in [-0.2, -0.15) is 0 Å². The van der Waals surface area contributed by atoms with E-state index >= 15 is 0 Å². The molecule has 23 heavy (non-hydrogen) atoms. The molecule has 4 nitrogen and oxygen atoms in total. The highest BCUT2D eigenvalue weighted by Gasteiger charge is 2.19. The number of rotatable bonds is 3. The number of benzene rings is 2. The van der Waals surface area contributed by atoms with Crippen molar-refractivity contribution in [2.24, 2.45) is 0 Å². The van der Waals surface area contributed by atoms with Crippen LogP contribution in [0.1, 0.15) is 18.1 Å². The van der Waals surface area contributed by atoms with Crippen molar-refractivity contribution in [3.63, 3.8) is 0 Å². The molecule has 0 saturated carbocycles. The van der Waals surface area contributed by atoms with Gasteiger partial charge in [0.2, 0.25) is 5.91 Å². The van der Waals surface area contributed by atoms with Gasteiger partial charge in [-0.05, 0) is 53.8 Å². The van der Waals surface area contributed by atoms with Gasteiger partial charge in [0.15, 0.2) is 0 Å². The van der Waals surface area contributed by atoms with Crippen molar-refractivity contribution < 1.29 is 9.53 Å². The fourth-order valence-corrected chi connectivity index (χ4v) is 3.10. The zero-order valence-electron chi connectivity index (χ0n) is 12.9. The fraction of sp³-hybridized carbons (Fsp3) is 0.211. The summed E-state index contributed by atoms with van der Waals surface area (Å²) in [6.45, 7) is 2.05. The molecule has 0 radical (unpaired) electrons. The third-order valence-electron chi connectivity index (χ3n) is 4.16. The molecule has 3 aromatic rings. The summed E-state index contributed by atoms with van der Waals surface area (Å²) in [4.78, 5) is 15.4. The van der Waals surface area contributed by atoms with Gasteiger partial charge < -0.3 is 15.0 Å². The number of anilines is 1. The van der Waals surface area contributed by atoms with E-state index in [1.165, 1.54) is 0 Å². The summed E-state index contributed by atoms with van der Waals surface area (Å²) in [6.07, 6.45) is 3.37. The molecule has 2 heterocycles. The van der Waals surface area contributed by atoms with Crippen LogP contribution in [0.3, 0.4) is 0 Å². The number of fused-ring (bicyclic) bond motifs is 2. The molecule has 1 aliphatic rings. The number of amides is 1. The van der Waals surface area contributed by atoms with E-state index in [0.717, 1.165) is 39.9 Å². The average molecular weight is 306 g/mol. The lowest BCUT2D eigenvalue weighted by Gasteiger charge is -2.07. The molecule has 1 unspecified atom stereocenters. The Hall–Kier alpha value is -2.75. The average Bonchev–Trinajstić information content (AvgIpc) is 3.11. The molecule has 0 aliphatic carbocycles. The molecule has 0 bridgehead atoms. The number of carbonyl (C=O) groups excluding carboxylic acids is 1. The molecule has 1 atom stereocenters. The first-order valence-electron chi connectivity index (χ1n) is 7.83. The van der Waals surface area contributed by atoms with Gasteiger partial charge in [-0.15, -0.1) is 0 Å². The van der Waals surface area contributed by atoms with Crippen LogP contribution in [0.15, 0.2) is 48.7 Å². The standard InChI is InChI=1S/C19H18N2O2/c1-12-8-15-11-16(4-5-18(15)23-12)21-19(22)10-13-2-3-14-6-7-20-17(14)9-13/h2-7,9,11-12,20H,8,10H2,1H3,(H,21,22). The Labute approximate surface area is 134 Å². The molecular weight excluding hydrogens is 288 g/mol. The monoisotopic (exact) mass is 306 g/mol. The van der Waals surface area contributed by atoms with Gasteiger partial charge in [0.05, 0.1) is 6.42 Å². The number of aromatic nitrogens is 1. The van der Waals surface area contributed by atoms with Crippen LogP contribution < -0.4 is 10.1 Å². The summed E-state index contributed by atoms with van der Waals surface area (Å²) in [5, 5.41) is 4.13.